The average Bonchev–Trinajstić information content (AvgIpc) is 2.87. The third-order valence-electron chi connectivity index (χ3n) is 6.30. The maximum Gasteiger partial charge on any atom is 0.407 e. The van der Waals surface area contributed by atoms with Gasteiger partial charge in [-0.25, -0.2) is 9.78 Å². The molecule has 0 spiro atoms. The Morgan fingerprint density at radius 3 is 2.59 bits per heavy atom. The summed E-state index contributed by atoms with van der Waals surface area (Å²) in [5.74, 6) is 0.863. The lowest BCUT2D eigenvalue weighted by molar-refractivity contribution is 0.0527. The molecule has 2 heterocycles. The molecule has 10 nitrogen and oxygen atoms in total. The van der Waals surface area contributed by atoms with E-state index < -0.39 is 11.7 Å². The van der Waals surface area contributed by atoms with Gasteiger partial charge in [-0.1, -0.05) is 49.7 Å². The molecule has 0 fully saturated rings. The molecule has 0 unspecified atom stereocenters. The van der Waals surface area contributed by atoms with Gasteiger partial charge in [-0.15, -0.1) is 0 Å². The summed E-state index contributed by atoms with van der Waals surface area (Å²) in [5, 5.41) is 5.81. The van der Waals surface area contributed by atoms with Crippen molar-refractivity contribution in [1.82, 2.24) is 25.3 Å². The number of benzene rings is 2. The molecule has 0 aliphatic carbocycles. The number of hydrogen-bond donors (Lipinski definition) is 3. The summed E-state index contributed by atoms with van der Waals surface area (Å²) in [6.07, 6.45) is 4.84. The maximum absolute atomic E-state index is 12.0. The van der Waals surface area contributed by atoms with Gasteiger partial charge in [-0.3, -0.25) is 0 Å². The second kappa shape index (κ2) is 12.1. The maximum atomic E-state index is 12.0. The molecule has 0 radical (unpaired) electrons. The Balaban J connectivity index is 1.60. The van der Waals surface area contributed by atoms with Crippen LogP contribution in [0, 0.1) is 0 Å². The predicted octanol–water partition coefficient (Wildman–Crippen LogP) is 5.00. The van der Waals surface area contributed by atoms with Gasteiger partial charge in [0.1, 0.15) is 11.4 Å². The lowest BCUT2D eigenvalue weighted by Gasteiger charge is -2.25. The Kier molecular flexibility index (Phi) is 8.63. The van der Waals surface area contributed by atoms with Gasteiger partial charge in [0.25, 0.3) is 0 Å². The van der Waals surface area contributed by atoms with Crippen molar-refractivity contribution < 1.29 is 9.53 Å². The number of carbonyl (C=O) groups excluding carboxylic acids is 1. The number of nitrogens with zero attached hydrogens (tertiary/aromatic N) is 5. The van der Waals surface area contributed by atoms with Crippen LogP contribution in [0.15, 0.2) is 42.6 Å². The van der Waals surface area contributed by atoms with Gasteiger partial charge in [0.2, 0.25) is 11.9 Å². The van der Waals surface area contributed by atoms with Crippen molar-refractivity contribution in [2.75, 3.05) is 29.5 Å². The van der Waals surface area contributed by atoms with Crippen molar-refractivity contribution in [3.63, 3.8) is 0 Å². The van der Waals surface area contributed by atoms with Crippen LogP contribution in [0.3, 0.4) is 0 Å². The van der Waals surface area contributed by atoms with Crippen molar-refractivity contribution >= 4 is 45.6 Å². The van der Waals surface area contributed by atoms with E-state index in [9.17, 15) is 4.79 Å². The number of rotatable bonds is 10. The summed E-state index contributed by atoms with van der Waals surface area (Å²) in [4.78, 5) is 31.9. The molecule has 2 aromatic heterocycles. The van der Waals surface area contributed by atoms with Crippen LogP contribution in [0.5, 0.6) is 0 Å². The van der Waals surface area contributed by atoms with Gasteiger partial charge in [0, 0.05) is 25.8 Å². The molecule has 0 aliphatic rings. The third kappa shape index (κ3) is 7.22. The summed E-state index contributed by atoms with van der Waals surface area (Å²) in [6, 6.07) is 12.8. The number of hydrogen-bond acceptors (Lipinski definition) is 9. The number of fused-ring (bicyclic) bond motifs is 2. The Hall–Kier alpha value is -4.21. The van der Waals surface area contributed by atoms with Gasteiger partial charge in [-0.2, -0.15) is 15.0 Å². The number of amides is 1. The van der Waals surface area contributed by atoms with Crippen LogP contribution in [0.2, 0.25) is 0 Å². The second-order valence-corrected chi connectivity index (χ2v) is 10.6. The minimum Gasteiger partial charge on any atom is -0.444 e. The molecule has 4 aromatic rings. The quantitative estimate of drug-likeness (QED) is 0.241. The van der Waals surface area contributed by atoms with Crippen molar-refractivity contribution in [2.24, 2.45) is 0 Å². The molecule has 0 saturated heterocycles. The largest absolute Gasteiger partial charge is 0.444 e. The molecule has 0 atom stereocenters. The first kappa shape index (κ1) is 27.8. The molecule has 0 bridgehead atoms. The normalized spacial score (nSPS) is 11.6. The van der Waals surface area contributed by atoms with Gasteiger partial charge < -0.3 is 26.4 Å². The third-order valence-corrected chi connectivity index (χ3v) is 6.30. The minimum absolute atomic E-state index is 0.0729. The van der Waals surface area contributed by atoms with Crippen LogP contribution < -0.4 is 21.7 Å². The van der Waals surface area contributed by atoms with Gasteiger partial charge in [0.15, 0.2) is 5.65 Å². The molecule has 2 aromatic carbocycles. The Morgan fingerprint density at radius 2 is 1.82 bits per heavy atom. The molecular weight excluding hydrogens is 492 g/mol. The standard InChI is InChI=1S/C29H38N8O2/c1-5-10-19-13-14-20-11-6-7-12-21(20)23(19)18-37(16-9-8-15-32-28(38)39-29(2,3)4)27-33-17-22-24(30)34-26(31)35-25(22)36-27/h6-7,11-14,17H,5,8-10,15-16,18H2,1-4H3,(H,32,38)(H4,30,31,33,34,35,36). The summed E-state index contributed by atoms with van der Waals surface area (Å²) >= 11 is 0. The van der Waals surface area contributed by atoms with Crippen molar-refractivity contribution in [2.45, 2.75) is 65.5 Å². The van der Waals surface area contributed by atoms with Crippen molar-refractivity contribution in [1.29, 1.82) is 0 Å². The lowest BCUT2D eigenvalue weighted by atomic mass is 9.96. The van der Waals surface area contributed by atoms with Crippen LogP contribution in [-0.2, 0) is 17.7 Å². The highest BCUT2D eigenvalue weighted by Gasteiger charge is 2.18. The first-order valence-electron chi connectivity index (χ1n) is 13.4. The molecule has 5 N–H and O–H groups in total. The summed E-state index contributed by atoms with van der Waals surface area (Å²) in [5.41, 5.74) is 14.3. The van der Waals surface area contributed by atoms with Gasteiger partial charge in [0.05, 0.1) is 5.39 Å². The molecular formula is C29H38N8O2. The number of ether oxygens (including phenoxy) is 1. The number of aromatic nitrogens is 4. The fourth-order valence-electron chi connectivity index (χ4n) is 4.54. The van der Waals surface area contributed by atoms with E-state index in [1.807, 2.05) is 20.8 Å². The number of alkyl carbamates (subject to hydrolysis) is 1. The molecule has 0 aliphatic heterocycles. The summed E-state index contributed by atoms with van der Waals surface area (Å²) in [7, 11) is 0. The number of carbonyl (C=O) groups is 1. The summed E-state index contributed by atoms with van der Waals surface area (Å²) in [6.45, 7) is 9.54. The molecule has 1 amide bonds. The SMILES string of the molecule is CCCc1ccc2ccccc2c1CN(CCCCNC(=O)OC(C)(C)C)c1ncc2c(N)nc(N)nc2n1. The zero-order valence-electron chi connectivity index (χ0n) is 23.2. The highest BCUT2D eigenvalue weighted by Crippen LogP contribution is 2.27. The Morgan fingerprint density at radius 1 is 1.03 bits per heavy atom. The van der Waals surface area contributed by atoms with E-state index >= 15 is 0 Å². The highest BCUT2D eigenvalue weighted by atomic mass is 16.6. The minimum atomic E-state index is -0.528. The fraction of sp³-hybridized carbons (Fsp3) is 0.414. The zero-order chi connectivity index (χ0) is 28.0. The average molecular weight is 531 g/mol. The van der Waals surface area contributed by atoms with E-state index in [0.29, 0.717) is 36.6 Å². The lowest BCUT2D eigenvalue weighted by Crippen LogP contribution is -2.33. The fourth-order valence-corrected chi connectivity index (χ4v) is 4.54. The molecule has 10 heteroatoms. The van der Waals surface area contributed by atoms with E-state index in [4.69, 9.17) is 21.2 Å². The topological polar surface area (TPSA) is 145 Å². The summed E-state index contributed by atoms with van der Waals surface area (Å²) < 4.78 is 5.34. The number of nitrogens with one attached hydrogen (secondary N) is 1. The zero-order valence-corrected chi connectivity index (χ0v) is 23.2. The molecule has 39 heavy (non-hydrogen) atoms. The highest BCUT2D eigenvalue weighted by molar-refractivity contribution is 5.88. The number of unbranched alkanes of at least 4 members (excludes halogenated alkanes) is 1. The van der Waals surface area contributed by atoms with Crippen LogP contribution in [-0.4, -0.2) is 44.7 Å². The molecule has 0 saturated carbocycles. The van der Waals surface area contributed by atoms with Gasteiger partial charge >= 0.3 is 6.09 Å². The molecule has 4 rings (SSSR count). The molecule has 206 valence electrons. The van der Waals surface area contributed by atoms with Crippen LogP contribution in [0.1, 0.15) is 58.1 Å². The Bertz CT molecular complexity index is 1450. The predicted molar refractivity (Wildman–Crippen MR) is 156 cm³/mol. The van der Waals surface area contributed by atoms with E-state index in [1.54, 1.807) is 6.20 Å². The van der Waals surface area contributed by atoms with E-state index in [2.05, 4.69) is 68.5 Å². The first-order chi connectivity index (χ1) is 18.6. The second-order valence-electron chi connectivity index (χ2n) is 10.6. The van der Waals surface area contributed by atoms with Crippen LogP contribution >= 0.6 is 0 Å². The van der Waals surface area contributed by atoms with E-state index in [0.717, 1.165) is 25.7 Å². The number of nitrogens with two attached hydrogens (primary N) is 2. The van der Waals surface area contributed by atoms with Crippen LogP contribution in [0.4, 0.5) is 22.5 Å². The van der Waals surface area contributed by atoms with E-state index in [-0.39, 0.29) is 11.8 Å². The monoisotopic (exact) mass is 530 g/mol. The smallest absolute Gasteiger partial charge is 0.407 e. The van der Waals surface area contributed by atoms with Gasteiger partial charge in [-0.05, 0) is 61.9 Å². The first-order valence-corrected chi connectivity index (χ1v) is 13.4. The Labute approximate surface area is 229 Å². The van der Waals surface area contributed by atoms with E-state index in [1.165, 1.54) is 21.9 Å². The number of anilines is 3. The van der Waals surface area contributed by atoms with Crippen LogP contribution in [0.25, 0.3) is 21.8 Å². The van der Waals surface area contributed by atoms with Crippen molar-refractivity contribution in [3.05, 3.63) is 53.7 Å². The van der Waals surface area contributed by atoms with Crippen molar-refractivity contribution in [3.8, 4) is 0 Å². The number of nitrogen functional groups attached to an aromatic ring is 2. The number of aryl methyl sites for hydroxylation is 1.